The van der Waals surface area contributed by atoms with Gasteiger partial charge in [-0.3, -0.25) is 9.59 Å². The summed E-state index contributed by atoms with van der Waals surface area (Å²) in [4.78, 5) is 24.1. The van der Waals surface area contributed by atoms with E-state index in [1.54, 1.807) is 6.07 Å². The average Bonchev–Trinajstić information content (AvgIpc) is 2.09. The van der Waals surface area contributed by atoms with Gasteiger partial charge in [0.1, 0.15) is 11.6 Å². The van der Waals surface area contributed by atoms with Gasteiger partial charge in [-0.05, 0) is 12.1 Å². The first-order valence-corrected chi connectivity index (χ1v) is 3.81. The monoisotopic (exact) mass is 186 g/mol. The van der Waals surface area contributed by atoms with Crippen molar-refractivity contribution >= 4 is 23.2 Å². The zero-order valence-electron chi connectivity index (χ0n) is 6.13. The topological polar surface area (TPSA) is 62.0 Å². The molecule has 0 saturated heterocycles. The highest BCUT2D eigenvalue weighted by molar-refractivity contribution is 6.29. The first-order valence-electron chi connectivity index (χ1n) is 3.27. The molecule has 0 aromatic carbocycles. The van der Waals surface area contributed by atoms with Crippen LogP contribution in [0.5, 0.6) is 0 Å². The molecule has 0 aliphatic carbocycles. The van der Waals surface area contributed by atoms with Crippen LogP contribution in [-0.2, 0) is 4.79 Å². The lowest BCUT2D eigenvalue weighted by atomic mass is 10.4. The van der Waals surface area contributed by atoms with E-state index in [-0.39, 0.29) is 17.1 Å². The van der Waals surface area contributed by atoms with E-state index >= 15 is 0 Å². The number of carbonyl (C=O) groups excluding carboxylic acids is 1. The van der Waals surface area contributed by atoms with Gasteiger partial charge in [-0.25, -0.2) is 0 Å². The second-order valence-electron chi connectivity index (χ2n) is 2.09. The Morgan fingerprint density at radius 2 is 2.42 bits per heavy atom. The van der Waals surface area contributed by atoms with Crippen LogP contribution in [0.4, 0.5) is 5.69 Å². The second kappa shape index (κ2) is 3.92. The molecule has 1 aromatic rings. The predicted molar refractivity (Wildman–Crippen MR) is 46.4 cm³/mol. The molecule has 0 spiro atoms. The number of rotatable bonds is 2. The average molecular weight is 187 g/mol. The fourth-order valence-electron chi connectivity index (χ4n) is 0.704. The molecule has 4 nitrogen and oxygen atoms in total. The number of halogens is 1. The molecule has 0 radical (unpaired) electrons. The van der Waals surface area contributed by atoms with Crippen molar-refractivity contribution in [2.24, 2.45) is 0 Å². The minimum absolute atomic E-state index is 0.158. The van der Waals surface area contributed by atoms with Crippen LogP contribution in [0.1, 0.15) is 0 Å². The van der Waals surface area contributed by atoms with Crippen molar-refractivity contribution < 1.29 is 4.79 Å². The number of alkyl halides is 1. The standard InChI is InChI=1S/C7H7ClN2O2/c8-4-6(11)10-5-2-1-3-9-7(5)12/h1-3H,4H2,(H,9,12)(H,10,11). The summed E-state index contributed by atoms with van der Waals surface area (Å²) in [5, 5.41) is 2.35. The first kappa shape index (κ1) is 8.80. The number of aromatic nitrogens is 1. The Labute approximate surface area is 73.6 Å². The molecule has 1 heterocycles. The third-order valence-electron chi connectivity index (χ3n) is 1.21. The third-order valence-corrected chi connectivity index (χ3v) is 1.46. The molecular weight excluding hydrogens is 180 g/mol. The van der Waals surface area contributed by atoms with Gasteiger partial charge in [0.15, 0.2) is 0 Å². The Hall–Kier alpha value is -1.29. The fraction of sp³-hybridized carbons (Fsp3) is 0.143. The highest BCUT2D eigenvalue weighted by Crippen LogP contribution is 1.95. The lowest BCUT2D eigenvalue weighted by Crippen LogP contribution is -2.19. The van der Waals surface area contributed by atoms with Gasteiger partial charge < -0.3 is 10.3 Å². The lowest BCUT2D eigenvalue weighted by molar-refractivity contribution is -0.113. The highest BCUT2D eigenvalue weighted by atomic mass is 35.5. The SMILES string of the molecule is O=C(CCl)Nc1ccc[nH]c1=O. The molecular formula is C7H7ClN2O2. The van der Waals surface area contributed by atoms with Crippen molar-refractivity contribution in [3.8, 4) is 0 Å². The van der Waals surface area contributed by atoms with E-state index < -0.39 is 5.91 Å². The van der Waals surface area contributed by atoms with Gasteiger partial charge in [-0.2, -0.15) is 0 Å². The Morgan fingerprint density at radius 1 is 1.67 bits per heavy atom. The summed E-state index contributed by atoms with van der Waals surface area (Å²) in [6.07, 6.45) is 1.48. The molecule has 0 aliphatic rings. The molecule has 12 heavy (non-hydrogen) atoms. The van der Waals surface area contributed by atoms with Crippen molar-refractivity contribution in [3.05, 3.63) is 28.7 Å². The second-order valence-corrected chi connectivity index (χ2v) is 2.36. The molecule has 0 atom stereocenters. The summed E-state index contributed by atoms with van der Waals surface area (Å²) in [5.41, 5.74) is -0.126. The Bertz CT molecular complexity index is 334. The predicted octanol–water partition coefficient (Wildman–Crippen LogP) is 0.552. The molecule has 2 N–H and O–H groups in total. The van der Waals surface area contributed by atoms with E-state index in [1.807, 2.05) is 0 Å². The molecule has 1 rings (SSSR count). The molecule has 1 aromatic heterocycles. The maximum atomic E-state index is 11.0. The highest BCUT2D eigenvalue weighted by Gasteiger charge is 2.01. The first-order chi connectivity index (χ1) is 5.74. The molecule has 0 unspecified atom stereocenters. The normalized spacial score (nSPS) is 9.42. The number of H-pyrrole nitrogens is 1. The zero-order valence-corrected chi connectivity index (χ0v) is 6.89. The van der Waals surface area contributed by atoms with Crippen molar-refractivity contribution in [1.29, 1.82) is 0 Å². The number of nitrogens with one attached hydrogen (secondary N) is 2. The molecule has 0 aliphatic heterocycles. The van der Waals surface area contributed by atoms with E-state index in [9.17, 15) is 9.59 Å². The van der Waals surface area contributed by atoms with Gasteiger partial charge in [0, 0.05) is 6.20 Å². The largest absolute Gasteiger partial charge is 0.327 e. The summed E-state index contributed by atoms with van der Waals surface area (Å²) in [5.74, 6) is -0.553. The summed E-state index contributed by atoms with van der Waals surface area (Å²) in [6.45, 7) is 0. The van der Waals surface area contributed by atoms with Gasteiger partial charge in [0.2, 0.25) is 5.91 Å². The molecule has 0 bridgehead atoms. The van der Waals surface area contributed by atoms with E-state index in [0.717, 1.165) is 0 Å². The van der Waals surface area contributed by atoms with E-state index in [0.29, 0.717) is 0 Å². The van der Waals surface area contributed by atoms with Crippen molar-refractivity contribution in [2.45, 2.75) is 0 Å². The molecule has 0 saturated carbocycles. The van der Waals surface area contributed by atoms with Crippen LogP contribution >= 0.6 is 11.6 Å². The van der Waals surface area contributed by atoms with Crippen LogP contribution in [0.25, 0.3) is 0 Å². The van der Waals surface area contributed by atoms with Crippen LogP contribution in [-0.4, -0.2) is 16.8 Å². The number of hydrogen-bond donors (Lipinski definition) is 2. The smallest absolute Gasteiger partial charge is 0.271 e. The van der Waals surface area contributed by atoms with Gasteiger partial charge in [-0.1, -0.05) is 0 Å². The van der Waals surface area contributed by atoms with Crippen LogP contribution < -0.4 is 10.9 Å². The van der Waals surface area contributed by atoms with Gasteiger partial charge >= 0.3 is 0 Å². The molecule has 0 fully saturated rings. The minimum atomic E-state index is -0.395. The lowest BCUT2D eigenvalue weighted by Gasteiger charge is -1.99. The zero-order chi connectivity index (χ0) is 8.97. The fourth-order valence-corrected chi connectivity index (χ4v) is 0.770. The van der Waals surface area contributed by atoms with E-state index in [2.05, 4.69) is 10.3 Å². The van der Waals surface area contributed by atoms with Gasteiger partial charge in [0.25, 0.3) is 5.56 Å². The minimum Gasteiger partial charge on any atom is -0.327 e. The molecule has 64 valence electrons. The molecule has 1 amide bonds. The number of amides is 1. The van der Waals surface area contributed by atoms with Crippen LogP contribution in [0.2, 0.25) is 0 Å². The van der Waals surface area contributed by atoms with Crippen LogP contribution in [0, 0.1) is 0 Å². The van der Waals surface area contributed by atoms with Crippen molar-refractivity contribution in [2.75, 3.05) is 11.2 Å². The summed E-state index contributed by atoms with van der Waals surface area (Å²) in [7, 11) is 0. The van der Waals surface area contributed by atoms with Gasteiger partial charge in [0.05, 0.1) is 0 Å². The van der Waals surface area contributed by atoms with Crippen LogP contribution in [0.3, 0.4) is 0 Å². The Kier molecular flexibility index (Phi) is 2.88. The number of hydrogen-bond acceptors (Lipinski definition) is 2. The third kappa shape index (κ3) is 2.10. The number of pyridine rings is 1. The van der Waals surface area contributed by atoms with E-state index in [4.69, 9.17) is 11.6 Å². The quantitative estimate of drug-likeness (QED) is 0.663. The summed E-state index contributed by atoms with van der Waals surface area (Å²) < 4.78 is 0. The number of carbonyl (C=O) groups is 1. The maximum absolute atomic E-state index is 11.0. The number of aromatic amines is 1. The summed E-state index contributed by atoms with van der Waals surface area (Å²) >= 11 is 5.23. The summed E-state index contributed by atoms with van der Waals surface area (Å²) in [6, 6.07) is 3.12. The molecule has 5 heteroatoms. The van der Waals surface area contributed by atoms with E-state index in [1.165, 1.54) is 12.3 Å². The maximum Gasteiger partial charge on any atom is 0.271 e. The Balaban J connectivity index is 2.83. The Morgan fingerprint density at radius 3 is 3.00 bits per heavy atom. The van der Waals surface area contributed by atoms with Crippen LogP contribution in [0.15, 0.2) is 23.1 Å². The van der Waals surface area contributed by atoms with Gasteiger partial charge in [-0.15, -0.1) is 11.6 Å². The number of anilines is 1. The van der Waals surface area contributed by atoms with Crippen molar-refractivity contribution in [3.63, 3.8) is 0 Å². The van der Waals surface area contributed by atoms with Crippen molar-refractivity contribution in [1.82, 2.24) is 4.98 Å².